The normalized spacial score (nSPS) is 17.5. The van der Waals surface area contributed by atoms with Crippen molar-refractivity contribution >= 4 is 35.5 Å². The third-order valence-electron chi connectivity index (χ3n) is 10.2. The van der Waals surface area contributed by atoms with Crippen LogP contribution in [0.3, 0.4) is 0 Å². The first-order valence-electron chi connectivity index (χ1n) is 19.2. The second-order valence-electron chi connectivity index (χ2n) is 16.0. The van der Waals surface area contributed by atoms with E-state index >= 15 is 0 Å². The molecule has 10 N–H and O–H groups in total. The first-order chi connectivity index (χ1) is 24.0. The maximum absolute atomic E-state index is 13.6. The molecule has 0 saturated carbocycles. The molecular formula is C38H73N7O7. The smallest absolute Gasteiger partial charge is 0.308 e. The van der Waals surface area contributed by atoms with Crippen LogP contribution in [0.5, 0.6) is 0 Å². The van der Waals surface area contributed by atoms with Crippen molar-refractivity contribution in [2.24, 2.45) is 58.8 Å². The van der Waals surface area contributed by atoms with Crippen molar-refractivity contribution in [1.29, 1.82) is 0 Å². The highest BCUT2D eigenvalue weighted by molar-refractivity contribution is 5.85. The molecule has 302 valence electrons. The molecule has 0 radical (unpaired) electrons. The number of rotatable bonds is 25. The highest BCUT2D eigenvalue weighted by Crippen LogP contribution is 2.18. The third kappa shape index (κ3) is 17.5. The molecule has 52 heavy (non-hydrogen) atoms. The Bertz CT molecular complexity index is 1150. The minimum atomic E-state index is -0.993. The summed E-state index contributed by atoms with van der Waals surface area (Å²) in [6.45, 7) is 22.3. The molecule has 0 aliphatic carbocycles. The van der Waals surface area contributed by atoms with Crippen molar-refractivity contribution in [3.8, 4) is 0 Å². The van der Waals surface area contributed by atoms with Gasteiger partial charge in [-0.15, -0.1) is 0 Å². The lowest BCUT2D eigenvalue weighted by Crippen LogP contribution is -2.52. The van der Waals surface area contributed by atoms with Crippen LogP contribution in [0, 0.1) is 47.3 Å². The van der Waals surface area contributed by atoms with Crippen LogP contribution in [-0.4, -0.2) is 83.9 Å². The number of nitrogens with one attached hydrogen (secondary N) is 5. The van der Waals surface area contributed by atoms with E-state index in [9.17, 15) is 33.9 Å². The van der Waals surface area contributed by atoms with Crippen LogP contribution >= 0.6 is 0 Å². The fourth-order valence-electron chi connectivity index (χ4n) is 5.91. The average Bonchev–Trinajstić information content (AvgIpc) is 3.04. The van der Waals surface area contributed by atoms with Gasteiger partial charge < -0.3 is 43.2 Å². The van der Waals surface area contributed by atoms with E-state index in [2.05, 4.69) is 26.6 Å². The van der Waals surface area contributed by atoms with Crippen molar-refractivity contribution in [3.05, 3.63) is 0 Å². The minimum absolute atomic E-state index is 0.0230. The van der Waals surface area contributed by atoms with E-state index in [0.717, 1.165) is 0 Å². The molecule has 0 aliphatic rings. The predicted octanol–water partition coefficient (Wildman–Crippen LogP) is 2.53. The fourth-order valence-corrected chi connectivity index (χ4v) is 5.91. The fraction of sp³-hybridized carbons (Fsp3) is 0.842. The maximum Gasteiger partial charge on any atom is 0.308 e. The van der Waals surface area contributed by atoms with Gasteiger partial charge in [-0.05, 0) is 64.3 Å². The molecule has 5 amide bonds. The van der Waals surface area contributed by atoms with E-state index in [1.165, 1.54) is 0 Å². The number of hydrogen-bond donors (Lipinski definition) is 8. The Morgan fingerprint density at radius 3 is 1.69 bits per heavy atom. The molecule has 0 saturated heterocycles. The summed E-state index contributed by atoms with van der Waals surface area (Å²) in [6, 6.07) is -2.39. The topological polar surface area (TPSA) is 235 Å². The summed E-state index contributed by atoms with van der Waals surface area (Å²) in [7, 11) is 0. The summed E-state index contributed by atoms with van der Waals surface area (Å²) in [6.07, 6.45) is 2.39. The Labute approximate surface area is 312 Å². The van der Waals surface area contributed by atoms with Gasteiger partial charge in [0.25, 0.3) is 0 Å². The second-order valence-corrected chi connectivity index (χ2v) is 16.0. The van der Waals surface area contributed by atoms with Gasteiger partial charge in [-0.2, -0.15) is 0 Å². The lowest BCUT2D eigenvalue weighted by molar-refractivity contribution is -0.143. The number of carboxylic acids is 1. The highest BCUT2D eigenvalue weighted by atomic mass is 16.4. The first-order valence-corrected chi connectivity index (χ1v) is 19.2. The molecule has 0 aliphatic heterocycles. The molecule has 0 fully saturated rings. The van der Waals surface area contributed by atoms with Gasteiger partial charge in [0.05, 0.1) is 23.7 Å². The number of aliphatic carboxylic acids is 1. The van der Waals surface area contributed by atoms with Crippen LogP contribution in [0.25, 0.3) is 0 Å². The van der Waals surface area contributed by atoms with Gasteiger partial charge in [-0.3, -0.25) is 28.8 Å². The lowest BCUT2D eigenvalue weighted by Gasteiger charge is -2.30. The molecule has 14 heteroatoms. The number of nitrogens with two attached hydrogens (primary N) is 2. The summed E-state index contributed by atoms with van der Waals surface area (Å²) in [5.74, 6) is -5.46. The molecule has 0 rings (SSSR count). The molecule has 10 atom stereocenters. The third-order valence-corrected chi connectivity index (χ3v) is 10.2. The summed E-state index contributed by atoms with van der Waals surface area (Å²) >= 11 is 0. The molecule has 0 unspecified atom stereocenters. The Hall–Kier alpha value is -3.26. The highest BCUT2D eigenvalue weighted by Gasteiger charge is 2.33. The predicted molar refractivity (Wildman–Crippen MR) is 204 cm³/mol. The van der Waals surface area contributed by atoms with Crippen molar-refractivity contribution in [3.63, 3.8) is 0 Å². The SMILES string of the molecule is CC(C)C[C@H](NC(=O)[C@H](C)[C@H](C)NC(=O)C[C@H](CCCCN)NC(=O)[C@H](CNC(=O)[C@H](C)[C@@H](NC(=O)[C@H](C)[C@H](C)N)C(C)C)C(C)C)[C@@H](C)C(=O)O. The zero-order valence-electron chi connectivity index (χ0n) is 34.0. The molecule has 0 spiro atoms. The number of unbranched alkanes of at least 4 members (excludes halogenated alkanes) is 1. The van der Waals surface area contributed by atoms with Gasteiger partial charge in [0.15, 0.2) is 0 Å². The number of carbonyl (C=O) groups excluding carboxylic acids is 5. The number of carboxylic acid groups (broad SMARTS) is 1. The van der Waals surface area contributed by atoms with E-state index in [1.807, 2.05) is 41.5 Å². The van der Waals surface area contributed by atoms with Gasteiger partial charge in [0.1, 0.15) is 0 Å². The van der Waals surface area contributed by atoms with Crippen LogP contribution in [0.15, 0.2) is 0 Å². The van der Waals surface area contributed by atoms with Crippen molar-refractivity contribution in [1.82, 2.24) is 26.6 Å². The van der Waals surface area contributed by atoms with E-state index in [4.69, 9.17) is 11.5 Å². The molecule has 0 aromatic heterocycles. The molecule has 0 heterocycles. The van der Waals surface area contributed by atoms with E-state index in [-0.39, 0.29) is 66.3 Å². The number of amides is 5. The maximum atomic E-state index is 13.6. The van der Waals surface area contributed by atoms with Crippen molar-refractivity contribution in [2.75, 3.05) is 13.1 Å². The van der Waals surface area contributed by atoms with Gasteiger partial charge in [0, 0.05) is 49.1 Å². The molecule has 0 bridgehead atoms. The summed E-state index contributed by atoms with van der Waals surface area (Å²) in [4.78, 5) is 77.7. The largest absolute Gasteiger partial charge is 0.481 e. The van der Waals surface area contributed by atoms with Gasteiger partial charge >= 0.3 is 5.97 Å². The molecular weight excluding hydrogens is 666 g/mol. The zero-order chi connectivity index (χ0) is 40.5. The second kappa shape index (κ2) is 24.1. The quantitative estimate of drug-likeness (QED) is 0.0642. The number of hydrogen-bond acceptors (Lipinski definition) is 8. The molecule has 14 nitrogen and oxygen atoms in total. The lowest BCUT2D eigenvalue weighted by atomic mass is 9.89. The standard InChI is InChI=1S/C38H73N7O7/c1-20(2)17-31(25(9)38(51)52)44-36(49)24(8)28(12)42-32(46)18-29(15-13-14-16-39)43-37(50)30(21(3)4)19-41-34(47)26(10)33(22(5)6)45-35(48)23(7)27(11)40/h20-31,33H,13-19,39-40H2,1-12H3,(H,41,47)(H,42,46)(H,43,50)(H,44,49)(H,45,48)(H,51,52)/t23-,24-,25-,26-,27+,28+,29+,30-,31+,33+/m1/s1. The van der Waals surface area contributed by atoms with E-state index < -0.39 is 59.7 Å². The Kier molecular flexibility index (Phi) is 22.6. The Balaban J connectivity index is 5.61. The minimum Gasteiger partial charge on any atom is -0.481 e. The van der Waals surface area contributed by atoms with E-state index in [0.29, 0.717) is 32.2 Å². The van der Waals surface area contributed by atoms with Crippen LogP contribution in [0.4, 0.5) is 0 Å². The molecule has 0 aromatic carbocycles. The first kappa shape index (κ1) is 48.7. The molecule has 0 aromatic rings. The summed E-state index contributed by atoms with van der Waals surface area (Å²) in [5.41, 5.74) is 11.6. The van der Waals surface area contributed by atoms with Crippen LogP contribution < -0.4 is 38.1 Å². The van der Waals surface area contributed by atoms with Gasteiger partial charge in [0.2, 0.25) is 29.5 Å². The van der Waals surface area contributed by atoms with E-state index in [1.54, 1.807) is 41.5 Å². The number of carbonyl (C=O) groups is 6. The Morgan fingerprint density at radius 1 is 0.635 bits per heavy atom. The van der Waals surface area contributed by atoms with Gasteiger partial charge in [-0.25, -0.2) is 0 Å². The van der Waals surface area contributed by atoms with Crippen LogP contribution in [0.2, 0.25) is 0 Å². The zero-order valence-corrected chi connectivity index (χ0v) is 34.0. The van der Waals surface area contributed by atoms with Crippen molar-refractivity contribution < 1.29 is 33.9 Å². The van der Waals surface area contributed by atoms with Gasteiger partial charge in [-0.1, -0.05) is 68.7 Å². The monoisotopic (exact) mass is 740 g/mol. The van der Waals surface area contributed by atoms with Crippen molar-refractivity contribution in [2.45, 2.75) is 145 Å². The Morgan fingerprint density at radius 2 is 1.21 bits per heavy atom. The van der Waals surface area contributed by atoms with Crippen LogP contribution in [-0.2, 0) is 28.8 Å². The average molecular weight is 740 g/mol. The summed E-state index contributed by atoms with van der Waals surface area (Å²) in [5, 5.41) is 24.2. The van der Waals surface area contributed by atoms with Crippen LogP contribution in [0.1, 0.15) is 115 Å². The summed E-state index contributed by atoms with van der Waals surface area (Å²) < 4.78 is 0.